The lowest BCUT2D eigenvalue weighted by atomic mass is 9.67. The molecular weight excluding hydrogens is 292 g/mol. The van der Waals surface area contributed by atoms with Gasteiger partial charge in [0.05, 0.1) is 11.9 Å². The van der Waals surface area contributed by atoms with E-state index in [1.807, 2.05) is 24.4 Å². The molecule has 22 heavy (non-hydrogen) atoms. The van der Waals surface area contributed by atoms with Gasteiger partial charge in [0, 0.05) is 23.1 Å². The Bertz CT molecular complexity index is 718. The van der Waals surface area contributed by atoms with E-state index in [-0.39, 0.29) is 5.41 Å². The third-order valence-electron chi connectivity index (χ3n) is 5.29. The van der Waals surface area contributed by atoms with Gasteiger partial charge < -0.3 is 0 Å². The summed E-state index contributed by atoms with van der Waals surface area (Å²) in [7, 11) is 0. The van der Waals surface area contributed by atoms with Gasteiger partial charge in [0.25, 0.3) is 0 Å². The van der Waals surface area contributed by atoms with E-state index in [9.17, 15) is 4.79 Å². The molecule has 1 fully saturated rings. The number of hydrogen-bond acceptors (Lipinski definition) is 4. The molecule has 1 aromatic heterocycles. The Morgan fingerprint density at radius 2 is 1.86 bits per heavy atom. The fraction of sp³-hybridized carbons (Fsp3) is 0.389. The van der Waals surface area contributed by atoms with Gasteiger partial charge in [-0.3, -0.25) is 9.78 Å². The minimum Gasteiger partial charge on any atom is -0.294 e. The van der Waals surface area contributed by atoms with Crippen LogP contribution in [0.4, 0.5) is 0 Å². The highest BCUT2D eigenvalue weighted by Crippen LogP contribution is 2.50. The summed E-state index contributed by atoms with van der Waals surface area (Å²) in [5, 5.41) is 0.650. The normalized spacial score (nSPS) is 27.1. The van der Waals surface area contributed by atoms with Crippen LogP contribution in [0, 0.1) is 5.41 Å². The van der Waals surface area contributed by atoms with Crippen molar-refractivity contribution in [1.29, 1.82) is 0 Å². The van der Waals surface area contributed by atoms with Gasteiger partial charge in [-0.1, -0.05) is 24.3 Å². The van der Waals surface area contributed by atoms with Crippen molar-refractivity contribution in [1.82, 2.24) is 9.97 Å². The molecule has 2 aromatic rings. The molecule has 3 nitrogen and oxygen atoms in total. The smallest absolute Gasteiger partial charge is 0.169 e. The van der Waals surface area contributed by atoms with Crippen LogP contribution in [-0.2, 0) is 6.42 Å². The van der Waals surface area contributed by atoms with Gasteiger partial charge in [-0.15, -0.1) is 12.6 Å². The number of ketones is 1. The zero-order valence-electron chi connectivity index (χ0n) is 12.3. The van der Waals surface area contributed by atoms with Crippen LogP contribution in [0.25, 0.3) is 0 Å². The Kier molecular flexibility index (Phi) is 3.30. The van der Waals surface area contributed by atoms with Crippen LogP contribution in [0.1, 0.15) is 53.2 Å². The number of nitrogens with zero attached hydrogens (tertiary/aromatic N) is 2. The maximum absolute atomic E-state index is 12.8. The van der Waals surface area contributed by atoms with E-state index in [1.165, 1.54) is 5.56 Å². The van der Waals surface area contributed by atoms with E-state index in [0.29, 0.717) is 16.7 Å². The van der Waals surface area contributed by atoms with Crippen LogP contribution in [0.15, 0.2) is 41.7 Å². The quantitative estimate of drug-likeness (QED) is 0.814. The van der Waals surface area contributed by atoms with Crippen molar-refractivity contribution in [3.05, 3.63) is 53.5 Å². The molecule has 2 aliphatic rings. The second-order valence-electron chi connectivity index (χ2n) is 6.52. The molecule has 0 aliphatic heterocycles. The number of hydrogen-bond donors (Lipinski definition) is 1. The highest BCUT2D eigenvalue weighted by atomic mass is 32.1. The van der Waals surface area contributed by atoms with Crippen LogP contribution in [0.5, 0.6) is 0 Å². The molecule has 0 radical (unpaired) electrons. The van der Waals surface area contributed by atoms with Crippen molar-refractivity contribution in [2.75, 3.05) is 0 Å². The van der Waals surface area contributed by atoms with Gasteiger partial charge >= 0.3 is 0 Å². The van der Waals surface area contributed by atoms with Gasteiger partial charge in [-0.05, 0) is 37.7 Å². The number of rotatable bonds is 1. The van der Waals surface area contributed by atoms with Crippen molar-refractivity contribution in [2.24, 2.45) is 5.41 Å². The molecule has 1 spiro atoms. The summed E-state index contributed by atoms with van der Waals surface area (Å²) in [6.07, 6.45) is 8.39. The highest BCUT2D eigenvalue weighted by Gasteiger charge is 2.47. The summed E-state index contributed by atoms with van der Waals surface area (Å²) in [5.74, 6) is 0.780. The maximum Gasteiger partial charge on any atom is 0.169 e. The third-order valence-corrected chi connectivity index (χ3v) is 5.52. The number of benzene rings is 1. The number of fused-ring (bicyclic) bond motifs is 1. The van der Waals surface area contributed by atoms with Gasteiger partial charge in [0.15, 0.2) is 5.78 Å². The van der Waals surface area contributed by atoms with Crippen molar-refractivity contribution in [3.8, 4) is 0 Å². The Morgan fingerprint density at radius 3 is 2.55 bits per heavy atom. The van der Waals surface area contributed by atoms with Gasteiger partial charge in [-0.25, -0.2) is 4.98 Å². The summed E-state index contributed by atoms with van der Waals surface area (Å²) >= 11 is 4.18. The maximum atomic E-state index is 12.8. The van der Waals surface area contributed by atoms with Gasteiger partial charge in [0.2, 0.25) is 0 Å². The molecule has 4 heteroatoms. The topological polar surface area (TPSA) is 42.9 Å². The Hall–Kier alpha value is -1.68. The number of carbonyl (C=O) groups excluding carboxylic acids is 1. The predicted octanol–water partition coefficient (Wildman–Crippen LogP) is 3.85. The third kappa shape index (κ3) is 2.17. The van der Waals surface area contributed by atoms with Crippen molar-refractivity contribution in [2.45, 2.75) is 43.0 Å². The van der Waals surface area contributed by atoms with E-state index in [2.05, 4.69) is 28.7 Å². The standard InChI is InChI=1S/C18H18N2OS/c21-17-14-4-2-1-3-13(14)9-18(17)7-5-12(6-8-18)15-10-20-16(22)11-19-15/h1-4,10-12H,5-9H2,(H,20,22). The summed E-state index contributed by atoms with van der Waals surface area (Å²) in [6.45, 7) is 0. The second kappa shape index (κ2) is 5.20. The van der Waals surface area contributed by atoms with Crippen LogP contribution in [0.3, 0.4) is 0 Å². The van der Waals surface area contributed by atoms with Crippen molar-refractivity contribution < 1.29 is 4.79 Å². The Labute approximate surface area is 135 Å². The molecule has 0 N–H and O–H groups in total. The molecule has 112 valence electrons. The van der Waals surface area contributed by atoms with E-state index >= 15 is 0 Å². The molecule has 0 unspecified atom stereocenters. The van der Waals surface area contributed by atoms with E-state index in [1.54, 1.807) is 6.20 Å². The van der Waals surface area contributed by atoms with Crippen LogP contribution in [-0.4, -0.2) is 15.8 Å². The van der Waals surface area contributed by atoms with Gasteiger partial charge in [0.1, 0.15) is 5.03 Å². The minimum atomic E-state index is -0.156. The predicted molar refractivity (Wildman–Crippen MR) is 87.4 cm³/mol. The summed E-state index contributed by atoms with van der Waals surface area (Å²) < 4.78 is 0. The summed E-state index contributed by atoms with van der Waals surface area (Å²) in [4.78, 5) is 21.5. The molecular formula is C18H18N2OS. The zero-order chi connectivity index (χ0) is 15.2. The van der Waals surface area contributed by atoms with Crippen LogP contribution in [0.2, 0.25) is 0 Å². The fourth-order valence-corrected chi connectivity index (χ4v) is 4.15. The lowest BCUT2D eigenvalue weighted by Gasteiger charge is -2.35. The number of Topliss-reactive ketones (excluding diaryl/α,β-unsaturated/α-hetero) is 1. The van der Waals surface area contributed by atoms with Crippen molar-refractivity contribution in [3.63, 3.8) is 0 Å². The Morgan fingerprint density at radius 1 is 1.09 bits per heavy atom. The van der Waals surface area contributed by atoms with Crippen molar-refractivity contribution >= 4 is 18.4 Å². The average Bonchev–Trinajstić information content (AvgIpc) is 2.82. The first-order valence-corrected chi connectivity index (χ1v) is 8.26. The molecule has 4 rings (SSSR count). The molecule has 1 saturated carbocycles. The monoisotopic (exact) mass is 310 g/mol. The zero-order valence-corrected chi connectivity index (χ0v) is 13.2. The molecule has 0 atom stereocenters. The summed E-state index contributed by atoms with van der Waals surface area (Å²) in [6, 6.07) is 8.09. The van der Waals surface area contributed by atoms with E-state index in [4.69, 9.17) is 0 Å². The SMILES string of the molecule is O=C1c2ccccc2CC12CCC(c1cnc(S)cn1)CC2. The first-order chi connectivity index (χ1) is 10.7. The van der Waals surface area contributed by atoms with E-state index < -0.39 is 0 Å². The molecule has 1 heterocycles. The Balaban J connectivity index is 1.53. The van der Waals surface area contributed by atoms with Gasteiger partial charge in [-0.2, -0.15) is 0 Å². The molecule has 0 bridgehead atoms. The molecule has 0 saturated heterocycles. The van der Waals surface area contributed by atoms with E-state index in [0.717, 1.165) is 43.4 Å². The molecule has 0 amide bonds. The number of thiol groups is 1. The largest absolute Gasteiger partial charge is 0.294 e. The number of aromatic nitrogens is 2. The van der Waals surface area contributed by atoms with Crippen LogP contribution < -0.4 is 0 Å². The lowest BCUT2D eigenvalue weighted by Crippen LogP contribution is -2.32. The first-order valence-electron chi connectivity index (χ1n) is 7.82. The summed E-state index contributed by atoms with van der Waals surface area (Å²) in [5.41, 5.74) is 3.05. The molecule has 2 aliphatic carbocycles. The highest BCUT2D eigenvalue weighted by molar-refractivity contribution is 7.80. The second-order valence-corrected chi connectivity index (χ2v) is 6.98. The fourth-order valence-electron chi connectivity index (χ4n) is 4.04. The number of carbonyl (C=O) groups is 1. The molecule has 1 aromatic carbocycles. The van der Waals surface area contributed by atoms with Crippen LogP contribution >= 0.6 is 12.6 Å². The lowest BCUT2D eigenvalue weighted by molar-refractivity contribution is 0.0732. The first kappa shape index (κ1) is 13.9. The average molecular weight is 310 g/mol. The minimum absolute atomic E-state index is 0.156.